The highest BCUT2D eigenvalue weighted by atomic mass is 32.2. The number of aromatic nitrogens is 2. The number of rotatable bonds is 9. The number of nitrogens with one attached hydrogen (secondary N) is 1. The fourth-order valence-corrected chi connectivity index (χ4v) is 6.03. The molecule has 1 aliphatic rings. The summed E-state index contributed by atoms with van der Waals surface area (Å²) in [6, 6.07) is 5.04. The van der Waals surface area contributed by atoms with Crippen molar-refractivity contribution in [3.8, 4) is 17.0 Å². The third-order valence-corrected chi connectivity index (χ3v) is 8.26. The van der Waals surface area contributed by atoms with Gasteiger partial charge in [-0.05, 0) is 76.6 Å². The second-order valence-corrected chi connectivity index (χ2v) is 11.0. The van der Waals surface area contributed by atoms with Gasteiger partial charge in [0.15, 0.2) is 4.96 Å². The molecule has 2 aromatic heterocycles. The highest BCUT2D eigenvalue weighted by Crippen LogP contribution is 2.39. The van der Waals surface area contributed by atoms with Crippen molar-refractivity contribution in [1.29, 1.82) is 0 Å². The molecule has 1 fully saturated rings. The van der Waals surface area contributed by atoms with Crippen molar-refractivity contribution >= 4 is 28.2 Å². The monoisotopic (exact) mass is 521 g/mol. The van der Waals surface area contributed by atoms with E-state index in [-0.39, 0.29) is 17.8 Å². The van der Waals surface area contributed by atoms with Gasteiger partial charge in [-0.3, -0.25) is 9.12 Å². The number of nitroso groups, excluding NO2 is 2. The summed E-state index contributed by atoms with van der Waals surface area (Å²) in [7, 11) is 0. The Labute approximate surface area is 209 Å². The summed E-state index contributed by atoms with van der Waals surface area (Å²) in [6.45, 7) is 5.37. The maximum Gasteiger partial charge on any atom is 0.453 e. The van der Waals surface area contributed by atoms with E-state index in [1.807, 2.05) is 17.5 Å². The van der Waals surface area contributed by atoms with Crippen LogP contribution in [0.4, 0.5) is 0 Å². The first-order chi connectivity index (χ1) is 16.5. The molecule has 1 aliphatic carbocycles. The van der Waals surface area contributed by atoms with E-state index in [1.165, 1.54) is 29.4 Å². The molecule has 4 N–H and O–H groups in total. The molecule has 13 heteroatoms. The Morgan fingerprint density at radius 2 is 1.91 bits per heavy atom. The summed E-state index contributed by atoms with van der Waals surface area (Å²) in [5.74, 6) is 0.0673. The molecule has 0 atom stereocenters. The lowest BCUT2D eigenvalue weighted by molar-refractivity contribution is -0.420. The first-order valence-electron chi connectivity index (χ1n) is 11.1. The molecule has 11 nitrogen and oxygen atoms in total. The number of hydrogen-bond donors (Lipinski definition) is 4. The number of fused-ring (bicyclic) bond motifs is 1. The molecule has 0 spiro atoms. The maximum atomic E-state index is 11.3. The van der Waals surface area contributed by atoms with Crippen molar-refractivity contribution in [3.63, 3.8) is 0 Å². The summed E-state index contributed by atoms with van der Waals surface area (Å²) >= 11 is 2.63. The predicted octanol–water partition coefficient (Wildman–Crippen LogP) is 4.01. The molecule has 1 aromatic carbocycles. The summed E-state index contributed by atoms with van der Waals surface area (Å²) in [5, 5.41) is 34.5. The average Bonchev–Trinajstić information content (AvgIpc) is 3.35. The number of ether oxygens (including phenoxy) is 1. The fraction of sp³-hybridized carbons (Fsp3) is 0.500. The number of imidazole rings is 1. The van der Waals surface area contributed by atoms with Crippen molar-refractivity contribution in [3.05, 3.63) is 44.8 Å². The van der Waals surface area contributed by atoms with Gasteiger partial charge in [0.2, 0.25) is 0 Å². The summed E-state index contributed by atoms with van der Waals surface area (Å²) in [5.41, 5.74) is 1.47. The van der Waals surface area contributed by atoms with Crippen LogP contribution in [0, 0.1) is 16.7 Å². The molecule has 0 unspecified atom stereocenters. The van der Waals surface area contributed by atoms with Gasteiger partial charge >= 0.3 is 6.16 Å². The van der Waals surface area contributed by atoms with E-state index in [9.17, 15) is 25.1 Å². The van der Waals surface area contributed by atoms with E-state index in [2.05, 4.69) is 20.1 Å². The molecule has 1 saturated carbocycles. The first kappa shape index (κ1) is 25.7. The molecule has 0 amide bonds. The highest BCUT2D eigenvalue weighted by molar-refractivity contribution is 7.97. The molecule has 0 saturated heterocycles. The number of aliphatic hydroxyl groups is 3. The molecule has 188 valence electrons. The van der Waals surface area contributed by atoms with Gasteiger partial charge in [-0.25, -0.2) is 4.98 Å². The Morgan fingerprint density at radius 3 is 2.54 bits per heavy atom. The fourth-order valence-electron chi connectivity index (χ4n) is 4.04. The lowest BCUT2D eigenvalue weighted by Gasteiger charge is -2.25. The van der Waals surface area contributed by atoms with Crippen LogP contribution in [-0.4, -0.2) is 42.9 Å². The zero-order chi connectivity index (χ0) is 25.4. The van der Waals surface area contributed by atoms with Gasteiger partial charge in [0.05, 0.1) is 27.2 Å². The second-order valence-electron chi connectivity index (χ2n) is 9.11. The quantitative estimate of drug-likeness (QED) is 0.185. The van der Waals surface area contributed by atoms with Gasteiger partial charge in [0.25, 0.3) is 0 Å². The van der Waals surface area contributed by atoms with Crippen LogP contribution in [0.15, 0.2) is 39.6 Å². The second kappa shape index (κ2) is 9.91. The molecule has 0 bridgehead atoms. The zero-order valence-corrected chi connectivity index (χ0v) is 21.1. The minimum atomic E-state index is -3.33. The Bertz CT molecular complexity index is 1230. The van der Waals surface area contributed by atoms with Crippen molar-refractivity contribution in [2.75, 3.05) is 0 Å². The highest BCUT2D eigenvalue weighted by Gasteiger charge is 2.28. The Kier molecular flexibility index (Phi) is 7.27. The summed E-state index contributed by atoms with van der Waals surface area (Å²) in [4.78, 5) is 28.7. The van der Waals surface area contributed by atoms with Crippen LogP contribution in [0.25, 0.3) is 16.2 Å². The van der Waals surface area contributed by atoms with E-state index in [0.717, 1.165) is 39.6 Å². The largest absolute Gasteiger partial charge is 0.453 e. The van der Waals surface area contributed by atoms with E-state index in [4.69, 9.17) is 4.74 Å². The molecule has 0 aliphatic heterocycles. The zero-order valence-electron chi connectivity index (χ0n) is 19.5. The normalized spacial score (nSPS) is 19.1. The molecular formula is C22H27N5O6S2. The van der Waals surface area contributed by atoms with E-state index < -0.39 is 11.7 Å². The Hall–Kier alpha value is -2.42. The van der Waals surface area contributed by atoms with Crippen molar-refractivity contribution in [2.45, 2.75) is 75.1 Å². The average molecular weight is 522 g/mol. The third-order valence-electron chi connectivity index (χ3n) is 5.98. The number of thiazole rings is 1. The van der Waals surface area contributed by atoms with Crippen LogP contribution in [0.1, 0.15) is 50.1 Å². The molecular weight excluding hydrogens is 494 g/mol. The summed E-state index contributed by atoms with van der Waals surface area (Å²) < 4.78 is 10.2. The van der Waals surface area contributed by atoms with Crippen LogP contribution in [0.3, 0.4) is 0 Å². The van der Waals surface area contributed by atoms with Gasteiger partial charge in [-0.1, -0.05) is 21.7 Å². The van der Waals surface area contributed by atoms with Gasteiger partial charge in [0, 0.05) is 17.8 Å². The Morgan fingerprint density at radius 1 is 1.20 bits per heavy atom. The SMILES string of the molecule is Cc1nc2sc(C(C)(C)N=O)cn2c1-c1ccc(OC(O)(O)O)c(SNC2CCC(N=O)CC2)c1. The number of benzene rings is 1. The van der Waals surface area contributed by atoms with Crippen LogP contribution in [0.2, 0.25) is 0 Å². The number of aryl methyl sites for hydroxylation is 1. The topological polar surface area (TPSA) is 158 Å². The number of hydrogen-bond acceptors (Lipinski definition) is 12. The van der Waals surface area contributed by atoms with E-state index >= 15 is 0 Å². The smallest absolute Gasteiger partial charge is 0.416 e. The van der Waals surface area contributed by atoms with Gasteiger partial charge < -0.3 is 20.1 Å². The minimum absolute atomic E-state index is 0.0673. The number of nitrogens with zero attached hydrogens (tertiary/aromatic N) is 4. The molecule has 2 heterocycles. The maximum absolute atomic E-state index is 11.3. The van der Waals surface area contributed by atoms with Crippen LogP contribution < -0.4 is 9.46 Å². The van der Waals surface area contributed by atoms with Gasteiger partial charge in [0.1, 0.15) is 11.3 Å². The standard InChI is InChI=1S/C22H27N5O6S2/c1-12-19(27-11-18(21(2,3)26-32)34-20(27)23-12)13-4-9-16(33-22(28,29)30)17(10-13)35-25-15-7-5-14(24-31)6-8-15/h4,9-11,14-15,25,28-30H,5-8H2,1-3H3. The molecule has 0 radical (unpaired) electrons. The van der Waals surface area contributed by atoms with Gasteiger partial charge in [-0.2, -0.15) is 4.91 Å². The molecule has 4 rings (SSSR count). The molecule has 35 heavy (non-hydrogen) atoms. The van der Waals surface area contributed by atoms with E-state index in [1.54, 1.807) is 26.0 Å². The Balaban J connectivity index is 1.67. The lowest BCUT2D eigenvalue weighted by Crippen LogP contribution is -2.35. The summed E-state index contributed by atoms with van der Waals surface area (Å²) in [6.07, 6.45) is 1.49. The van der Waals surface area contributed by atoms with Crippen LogP contribution >= 0.6 is 23.3 Å². The minimum Gasteiger partial charge on any atom is -0.416 e. The van der Waals surface area contributed by atoms with Crippen molar-refractivity contribution < 1.29 is 20.1 Å². The lowest BCUT2D eigenvalue weighted by atomic mass is 9.92. The first-order valence-corrected chi connectivity index (χ1v) is 12.7. The van der Waals surface area contributed by atoms with Crippen LogP contribution in [-0.2, 0) is 5.54 Å². The van der Waals surface area contributed by atoms with Crippen molar-refractivity contribution in [1.82, 2.24) is 14.1 Å². The predicted molar refractivity (Wildman–Crippen MR) is 133 cm³/mol. The van der Waals surface area contributed by atoms with Gasteiger partial charge in [-0.15, -0.1) is 4.91 Å². The van der Waals surface area contributed by atoms with E-state index in [0.29, 0.717) is 17.7 Å². The van der Waals surface area contributed by atoms with Crippen LogP contribution in [0.5, 0.6) is 5.75 Å². The van der Waals surface area contributed by atoms with Crippen molar-refractivity contribution in [2.24, 2.45) is 10.4 Å². The molecule has 3 aromatic rings. The third kappa shape index (κ3) is 5.71.